The van der Waals surface area contributed by atoms with E-state index < -0.39 is 122 Å². The molecule has 44 heavy (non-hydrogen) atoms. The second kappa shape index (κ2) is 14.1. The number of carbonyl (C=O) groups is 2. The molecule has 1 aliphatic carbocycles. The fraction of sp³-hybridized carbons (Fsp3) is 0.826. The summed E-state index contributed by atoms with van der Waals surface area (Å²) in [5.41, 5.74) is 19.3. The zero-order valence-electron chi connectivity index (χ0n) is 23.8. The Morgan fingerprint density at radius 2 is 1.48 bits per heavy atom. The highest BCUT2D eigenvalue weighted by Gasteiger charge is 2.61. The first-order valence-electron chi connectivity index (χ1n) is 13.4. The first-order chi connectivity index (χ1) is 20.5. The molecule has 1 saturated carbocycles. The maximum Gasteiger partial charge on any atom is 0.248 e. The third-order valence-electron chi connectivity index (χ3n) is 7.95. The molecule has 3 rings (SSSR count). The van der Waals surface area contributed by atoms with Crippen LogP contribution in [0, 0.1) is 0 Å². The van der Waals surface area contributed by atoms with Crippen molar-refractivity contribution >= 4 is 24.1 Å². The summed E-state index contributed by atoms with van der Waals surface area (Å²) in [6, 6.07) is -4.68. The number of aliphatic hydroxyl groups is 8. The van der Waals surface area contributed by atoms with Crippen molar-refractivity contribution in [2.45, 2.75) is 98.2 Å². The van der Waals surface area contributed by atoms with Gasteiger partial charge in [0.25, 0.3) is 0 Å². The lowest BCUT2D eigenvalue weighted by Crippen LogP contribution is -2.67. The zero-order chi connectivity index (χ0) is 33.3. The molecule has 15 unspecified atom stereocenters. The van der Waals surface area contributed by atoms with Crippen LogP contribution in [0.4, 0.5) is 0 Å². The van der Waals surface area contributed by atoms with E-state index in [-0.39, 0.29) is 6.29 Å². The van der Waals surface area contributed by atoms with Crippen molar-refractivity contribution in [3.63, 3.8) is 0 Å². The number of hydrogen-bond acceptors (Lipinski definition) is 16. The van der Waals surface area contributed by atoms with Crippen LogP contribution in [0.1, 0.15) is 6.92 Å². The Bertz CT molecular complexity index is 1080. The summed E-state index contributed by atoms with van der Waals surface area (Å²) in [4.78, 5) is 32.9. The molecule has 2 aliphatic heterocycles. The van der Waals surface area contributed by atoms with Crippen LogP contribution < -0.4 is 22.9 Å². The summed E-state index contributed by atoms with van der Waals surface area (Å²) >= 11 is 0. The summed E-state index contributed by atoms with van der Waals surface area (Å²) in [5.74, 6) is -2.06. The largest absolute Gasteiger partial charge is 0.394 e. The van der Waals surface area contributed by atoms with Gasteiger partial charge in [-0.05, 0) is 6.92 Å². The second-order valence-corrected chi connectivity index (χ2v) is 10.7. The topological polar surface area (TPSA) is 365 Å². The Labute approximate surface area is 250 Å². The van der Waals surface area contributed by atoms with Gasteiger partial charge in [-0.3, -0.25) is 9.59 Å². The summed E-state index contributed by atoms with van der Waals surface area (Å²) in [7, 11) is 1.14. The first kappa shape index (κ1) is 35.7. The number of aliphatic imine (C=N–C) groups is 2. The number of nitrogens with zero attached hydrogens (tertiary/aromatic N) is 3. The van der Waals surface area contributed by atoms with E-state index >= 15 is 0 Å². The Balaban J connectivity index is 2.03. The lowest BCUT2D eigenvalue weighted by molar-refractivity contribution is -0.322. The predicted octanol–water partition coefficient (Wildman–Crippen LogP) is -8.93. The molecule has 0 aromatic rings. The molecule has 0 bridgehead atoms. The first-order valence-corrected chi connectivity index (χ1v) is 13.4. The molecule has 21 nitrogen and oxygen atoms in total. The van der Waals surface area contributed by atoms with Gasteiger partial charge in [0, 0.05) is 7.05 Å². The highest BCUT2D eigenvalue weighted by Crippen LogP contribution is 2.39. The molecule has 0 aromatic carbocycles. The summed E-state index contributed by atoms with van der Waals surface area (Å²) in [5, 5.41) is 84.2. The predicted molar refractivity (Wildman–Crippen MR) is 144 cm³/mol. The molecule has 0 aromatic heterocycles. The van der Waals surface area contributed by atoms with E-state index in [9.17, 15) is 50.4 Å². The van der Waals surface area contributed by atoms with E-state index in [1.807, 2.05) is 0 Å². The third kappa shape index (κ3) is 6.73. The number of rotatable bonds is 10. The molecule has 16 N–H and O–H groups in total. The van der Waals surface area contributed by atoms with Gasteiger partial charge in [-0.1, -0.05) is 0 Å². The van der Waals surface area contributed by atoms with Crippen LogP contribution in [0.2, 0.25) is 0 Å². The Hall–Kier alpha value is -2.80. The van der Waals surface area contributed by atoms with E-state index in [4.69, 9.17) is 41.9 Å². The monoisotopic (exact) mass is 639 g/mol. The maximum atomic E-state index is 12.3. The smallest absolute Gasteiger partial charge is 0.248 e. The van der Waals surface area contributed by atoms with Crippen LogP contribution in [0.25, 0.3) is 0 Å². The Morgan fingerprint density at radius 3 is 2.00 bits per heavy atom. The van der Waals surface area contributed by atoms with E-state index in [1.165, 1.54) is 6.92 Å². The standard InChI is InChI=1S/C23H41N7O14/c1-6-23(40,5-33)18(44-19-11(30(2)8(34)4-32)15(38)12(35)7(3-31)42-19)20(41-6)43-17-10(29-22(26)27)13(36)9(28-21(24)25)14(37)16(17)39/h5-7,9-20,31-32,35-40H,3-4H2,1-2H3,(H4,24,25,28)(H4,26,27,29). The van der Waals surface area contributed by atoms with Gasteiger partial charge in [0.2, 0.25) is 5.91 Å². The summed E-state index contributed by atoms with van der Waals surface area (Å²) in [6.45, 7) is -0.594. The van der Waals surface area contributed by atoms with Gasteiger partial charge in [-0.25, -0.2) is 9.98 Å². The lowest BCUT2D eigenvalue weighted by atomic mass is 9.81. The van der Waals surface area contributed by atoms with E-state index in [0.29, 0.717) is 0 Å². The molecule has 21 heteroatoms. The van der Waals surface area contributed by atoms with Gasteiger partial charge in [-0.2, -0.15) is 0 Å². The van der Waals surface area contributed by atoms with Crippen LogP contribution >= 0.6 is 0 Å². The number of carbonyl (C=O) groups excluding carboxylic acids is 2. The molecule has 3 fully saturated rings. The van der Waals surface area contributed by atoms with E-state index in [1.54, 1.807) is 0 Å². The minimum Gasteiger partial charge on any atom is -0.394 e. The molecule has 252 valence electrons. The number of likely N-dealkylation sites (N-methyl/N-ethyl adjacent to an activating group) is 1. The van der Waals surface area contributed by atoms with Crippen LogP contribution in [-0.2, 0) is 28.5 Å². The maximum absolute atomic E-state index is 12.3. The lowest BCUT2D eigenvalue weighted by Gasteiger charge is -2.47. The number of guanidine groups is 2. The SMILES string of the molecule is CC1OC(OC2C(O)C(O)C(N=C(N)N)C(O)C2N=C(N)N)C(OC2OC(CO)C(O)C(O)C2N(C)C(=O)CO)C1(O)C=O. The van der Waals surface area contributed by atoms with Crippen molar-refractivity contribution < 1.29 is 69.4 Å². The molecule has 2 heterocycles. The van der Waals surface area contributed by atoms with Gasteiger partial charge in [0.15, 0.2) is 36.4 Å². The molecule has 15 atom stereocenters. The van der Waals surface area contributed by atoms with E-state index in [2.05, 4.69) is 9.98 Å². The average Bonchev–Trinajstić information content (AvgIpc) is 3.20. The molecule has 1 amide bonds. The fourth-order valence-electron chi connectivity index (χ4n) is 5.44. The number of ether oxygens (including phenoxy) is 4. The van der Waals surface area contributed by atoms with E-state index in [0.717, 1.165) is 11.9 Å². The van der Waals surface area contributed by atoms with Crippen molar-refractivity contribution in [3.8, 4) is 0 Å². The zero-order valence-corrected chi connectivity index (χ0v) is 23.8. The summed E-state index contributed by atoms with van der Waals surface area (Å²) in [6.07, 6.45) is -19.2. The number of aliphatic hydroxyl groups excluding tert-OH is 7. The van der Waals surface area contributed by atoms with Gasteiger partial charge in [-0.15, -0.1) is 0 Å². The Morgan fingerprint density at radius 1 is 0.886 bits per heavy atom. The minimum absolute atomic E-state index is 0.0597. The highest BCUT2D eigenvalue weighted by molar-refractivity contribution is 5.77. The van der Waals surface area contributed by atoms with Crippen molar-refractivity contribution in [2.24, 2.45) is 32.9 Å². The van der Waals surface area contributed by atoms with Gasteiger partial charge < -0.3 is 87.6 Å². The molecule has 2 saturated heterocycles. The molecular formula is C23H41N7O14. The number of amides is 1. The van der Waals surface area contributed by atoms with Crippen LogP contribution in [0.3, 0.4) is 0 Å². The van der Waals surface area contributed by atoms with Crippen molar-refractivity contribution in [2.75, 3.05) is 20.3 Å². The van der Waals surface area contributed by atoms with Gasteiger partial charge in [0.05, 0.1) is 12.7 Å². The Kier molecular flexibility index (Phi) is 11.4. The number of aldehydes is 1. The highest BCUT2D eigenvalue weighted by atomic mass is 16.8. The van der Waals surface area contributed by atoms with Crippen molar-refractivity contribution in [1.29, 1.82) is 0 Å². The second-order valence-electron chi connectivity index (χ2n) is 10.7. The van der Waals surface area contributed by atoms with Crippen molar-refractivity contribution in [3.05, 3.63) is 0 Å². The van der Waals surface area contributed by atoms with Crippen molar-refractivity contribution in [1.82, 2.24) is 4.90 Å². The fourth-order valence-corrected chi connectivity index (χ4v) is 5.44. The average molecular weight is 640 g/mol. The molecule has 0 spiro atoms. The molecular weight excluding hydrogens is 598 g/mol. The normalized spacial score (nSPS) is 44.0. The molecule has 3 aliphatic rings. The summed E-state index contributed by atoms with van der Waals surface area (Å²) < 4.78 is 23.0. The minimum atomic E-state index is -2.53. The number of nitrogens with two attached hydrogens (primary N) is 4. The quantitative estimate of drug-likeness (QED) is 0.0599. The van der Waals surface area contributed by atoms with Crippen LogP contribution in [0.5, 0.6) is 0 Å². The third-order valence-corrected chi connectivity index (χ3v) is 7.95. The van der Waals surface area contributed by atoms with Gasteiger partial charge >= 0.3 is 0 Å². The van der Waals surface area contributed by atoms with Crippen LogP contribution in [-0.4, -0.2) is 181 Å². The van der Waals surface area contributed by atoms with Crippen LogP contribution in [0.15, 0.2) is 9.98 Å². The number of hydrogen-bond donors (Lipinski definition) is 12. The molecule has 0 radical (unpaired) electrons. The van der Waals surface area contributed by atoms with Gasteiger partial charge in [0.1, 0.15) is 73.6 Å².